The number of nitrogens with one attached hydrogen (secondary N) is 2. The number of carbonyl (C=O) groups is 1. The third-order valence-corrected chi connectivity index (χ3v) is 7.10. The Hall–Kier alpha value is -1.34. The molecule has 1 aliphatic rings. The highest BCUT2D eigenvalue weighted by atomic mass is 32.2. The Morgan fingerprint density at radius 2 is 2.11 bits per heavy atom. The molecule has 0 saturated heterocycles. The van der Waals surface area contributed by atoms with Crippen molar-refractivity contribution in [2.45, 2.75) is 82.8 Å². The summed E-state index contributed by atoms with van der Waals surface area (Å²) in [6.45, 7) is 4.25. The molecule has 0 aromatic carbocycles. The van der Waals surface area contributed by atoms with Crippen LogP contribution in [0.25, 0.3) is 10.2 Å². The number of rotatable bonds is 9. The molecule has 0 fully saturated rings. The number of amides is 1. The molecule has 2 N–H and O–H groups in total. The molecule has 2 aromatic rings. The van der Waals surface area contributed by atoms with E-state index in [0.29, 0.717) is 5.16 Å². The molecular formula is C20H29N3O2S2. The highest BCUT2D eigenvalue weighted by Gasteiger charge is 2.20. The predicted molar refractivity (Wildman–Crippen MR) is 114 cm³/mol. The first-order valence-corrected chi connectivity index (χ1v) is 11.9. The van der Waals surface area contributed by atoms with Crippen LogP contribution in [0.15, 0.2) is 9.95 Å². The van der Waals surface area contributed by atoms with Crippen LogP contribution in [0.5, 0.6) is 0 Å². The van der Waals surface area contributed by atoms with Gasteiger partial charge < -0.3 is 10.3 Å². The fourth-order valence-corrected chi connectivity index (χ4v) is 5.60. The number of aryl methyl sites for hydroxylation is 2. The van der Waals surface area contributed by atoms with Gasteiger partial charge in [0.2, 0.25) is 5.91 Å². The lowest BCUT2D eigenvalue weighted by atomic mass is 9.97. The highest BCUT2D eigenvalue weighted by Crippen LogP contribution is 2.34. The molecule has 1 aliphatic carbocycles. The Kier molecular flexibility index (Phi) is 7.35. The lowest BCUT2D eigenvalue weighted by molar-refractivity contribution is -0.119. The third kappa shape index (κ3) is 5.35. The van der Waals surface area contributed by atoms with Crippen molar-refractivity contribution in [3.8, 4) is 0 Å². The fourth-order valence-electron chi connectivity index (χ4n) is 3.61. The Bertz CT molecular complexity index is 844. The van der Waals surface area contributed by atoms with E-state index in [-0.39, 0.29) is 23.3 Å². The Morgan fingerprint density at radius 3 is 2.93 bits per heavy atom. The number of thioether (sulfide) groups is 1. The summed E-state index contributed by atoms with van der Waals surface area (Å²) in [5.41, 5.74) is 1.13. The van der Waals surface area contributed by atoms with Gasteiger partial charge in [0.1, 0.15) is 4.83 Å². The van der Waals surface area contributed by atoms with E-state index >= 15 is 0 Å². The van der Waals surface area contributed by atoms with Crippen molar-refractivity contribution >= 4 is 39.2 Å². The second-order valence-corrected chi connectivity index (χ2v) is 9.42. The number of unbranched alkanes of at least 4 members (excludes halogenated alkanes) is 3. The lowest BCUT2D eigenvalue weighted by Gasteiger charge is -2.13. The third-order valence-electron chi connectivity index (χ3n) is 5.04. The summed E-state index contributed by atoms with van der Waals surface area (Å²) in [6, 6.07) is 0.188. The minimum atomic E-state index is -0.0633. The first kappa shape index (κ1) is 20.4. The molecule has 0 saturated carbocycles. The maximum atomic E-state index is 12.5. The highest BCUT2D eigenvalue weighted by molar-refractivity contribution is 7.99. The van der Waals surface area contributed by atoms with Crippen molar-refractivity contribution < 1.29 is 4.79 Å². The summed E-state index contributed by atoms with van der Waals surface area (Å²) in [7, 11) is 0. The van der Waals surface area contributed by atoms with Gasteiger partial charge in [-0.15, -0.1) is 11.3 Å². The predicted octanol–water partition coefficient (Wildman–Crippen LogP) is 4.43. The van der Waals surface area contributed by atoms with Gasteiger partial charge in [-0.2, -0.15) is 0 Å². The van der Waals surface area contributed by atoms with Crippen LogP contribution >= 0.6 is 23.1 Å². The monoisotopic (exact) mass is 407 g/mol. The summed E-state index contributed by atoms with van der Waals surface area (Å²) < 4.78 is 0. The standard InChI is InChI=1S/C20H29N3O2S2/c1-3-4-5-6-9-13(2)21-16(24)12-26-20-22-18(25)17-14-10-7-8-11-15(14)27-19(17)23-20/h13H,3-12H2,1-2H3,(H,21,24)(H,22,23,25)/t13-/m0/s1. The normalized spacial score (nSPS) is 14.9. The van der Waals surface area contributed by atoms with E-state index < -0.39 is 0 Å². The average Bonchev–Trinajstić information content (AvgIpc) is 3.02. The SMILES string of the molecule is CCCCCC[C@H](C)NC(=O)CSc1nc2sc3c(c2c(=O)[nH]1)CCCC3. The first-order valence-electron chi connectivity index (χ1n) is 10.0. The second-order valence-electron chi connectivity index (χ2n) is 7.37. The summed E-state index contributed by atoms with van der Waals surface area (Å²) in [4.78, 5) is 34.3. The van der Waals surface area contributed by atoms with Crippen LogP contribution < -0.4 is 10.9 Å². The molecule has 0 bridgehead atoms. The number of aromatic nitrogens is 2. The fraction of sp³-hybridized carbons (Fsp3) is 0.650. The molecule has 7 heteroatoms. The Morgan fingerprint density at radius 1 is 1.30 bits per heavy atom. The summed E-state index contributed by atoms with van der Waals surface area (Å²) in [5, 5.41) is 4.35. The van der Waals surface area contributed by atoms with Crippen molar-refractivity contribution in [2.75, 3.05) is 5.75 Å². The van der Waals surface area contributed by atoms with Crippen LogP contribution in [0.2, 0.25) is 0 Å². The van der Waals surface area contributed by atoms with Gasteiger partial charge >= 0.3 is 0 Å². The maximum absolute atomic E-state index is 12.5. The van der Waals surface area contributed by atoms with Crippen molar-refractivity contribution in [1.29, 1.82) is 0 Å². The van der Waals surface area contributed by atoms with Gasteiger partial charge in [-0.1, -0.05) is 44.4 Å². The van der Waals surface area contributed by atoms with Crippen LogP contribution in [0.3, 0.4) is 0 Å². The molecule has 0 radical (unpaired) electrons. The summed E-state index contributed by atoms with van der Waals surface area (Å²) in [6.07, 6.45) is 10.2. The average molecular weight is 408 g/mol. The number of aromatic amines is 1. The van der Waals surface area contributed by atoms with E-state index in [1.54, 1.807) is 11.3 Å². The molecule has 3 rings (SSSR count). The lowest BCUT2D eigenvalue weighted by Crippen LogP contribution is -2.33. The Labute approximate surface area is 168 Å². The van der Waals surface area contributed by atoms with E-state index in [1.807, 2.05) is 0 Å². The van der Waals surface area contributed by atoms with Crippen LogP contribution in [-0.2, 0) is 17.6 Å². The van der Waals surface area contributed by atoms with E-state index in [0.717, 1.165) is 42.3 Å². The van der Waals surface area contributed by atoms with Gasteiger partial charge in [0.25, 0.3) is 5.56 Å². The van der Waals surface area contributed by atoms with Gasteiger partial charge in [0.05, 0.1) is 11.1 Å². The number of H-pyrrole nitrogens is 1. The molecule has 0 aliphatic heterocycles. The van der Waals surface area contributed by atoms with Crippen LogP contribution in [0, 0.1) is 0 Å². The zero-order chi connectivity index (χ0) is 19.2. The molecule has 2 heterocycles. The van der Waals surface area contributed by atoms with Gasteiger partial charge in [0.15, 0.2) is 5.16 Å². The van der Waals surface area contributed by atoms with Crippen molar-refractivity contribution in [2.24, 2.45) is 0 Å². The van der Waals surface area contributed by atoms with E-state index in [2.05, 4.69) is 29.1 Å². The van der Waals surface area contributed by atoms with E-state index in [1.165, 1.54) is 47.9 Å². The first-order chi connectivity index (χ1) is 13.1. The molecule has 148 valence electrons. The quantitative estimate of drug-likeness (QED) is 0.366. The van der Waals surface area contributed by atoms with Gasteiger partial charge in [-0.3, -0.25) is 9.59 Å². The Balaban J connectivity index is 1.56. The van der Waals surface area contributed by atoms with Gasteiger partial charge in [-0.25, -0.2) is 4.98 Å². The van der Waals surface area contributed by atoms with E-state index in [9.17, 15) is 9.59 Å². The molecule has 0 unspecified atom stereocenters. The zero-order valence-electron chi connectivity index (χ0n) is 16.2. The molecule has 5 nitrogen and oxygen atoms in total. The van der Waals surface area contributed by atoms with E-state index in [4.69, 9.17) is 0 Å². The number of nitrogens with zero attached hydrogens (tertiary/aromatic N) is 1. The molecule has 1 atom stereocenters. The number of hydrogen-bond acceptors (Lipinski definition) is 5. The van der Waals surface area contributed by atoms with Crippen LogP contribution in [0.4, 0.5) is 0 Å². The topological polar surface area (TPSA) is 74.8 Å². The second kappa shape index (κ2) is 9.73. The number of fused-ring (bicyclic) bond motifs is 3. The number of hydrogen-bond donors (Lipinski definition) is 2. The number of carbonyl (C=O) groups excluding carboxylic acids is 1. The molecule has 2 aromatic heterocycles. The van der Waals surface area contributed by atoms with Gasteiger partial charge in [0, 0.05) is 10.9 Å². The maximum Gasteiger partial charge on any atom is 0.260 e. The number of thiophene rings is 1. The molecule has 27 heavy (non-hydrogen) atoms. The van der Waals surface area contributed by atoms with Crippen LogP contribution in [-0.4, -0.2) is 27.7 Å². The molecule has 1 amide bonds. The van der Waals surface area contributed by atoms with Crippen molar-refractivity contribution in [1.82, 2.24) is 15.3 Å². The minimum Gasteiger partial charge on any atom is -0.353 e. The van der Waals surface area contributed by atoms with Crippen LogP contribution in [0.1, 0.15) is 69.2 Å². The molecular weight excluding hydrogens is 378 g/mol. The largest absolute Gasteiger partial charge is 0.353 e. The molecule has 0 spiro atoms. The summed E-state index contributed by atoms with van der Waals surface area (Å²) >= 11 is 2.95. The van der Waals surface area contributed by atoms with Crippen molar-refractivity contribution in [3.63, 3.8) is 0 Å². The van der Waals surface area contributed by atoms with Gasteiger partial charge in [-0.05, 0) is 44.6 Å². The zero-order valence-corrected chi connectivity index (χ0v) is 17.9. The van der Waals surface area contributed by atoms with Crippen molar-refractivity contribution in [3.05, 3.63) is 20.8 Å². The minimum absolute atomic E-state index is 0.00351. The smallest absolute Gasteiger partial charge is 0.260 e. The summed E-state index contributed by atoms with van der Waals surface area (Å²) in [5.74, 6) is 0.273.